The lowest BCUT2D eigenvalue weighted by atomic mass is 9.84. The van der Waals surface area contributed by atoms with Crippen molar-refractivity contribution in [2.75, 3.05) is 11.9 Å². The summed E-state index contributed by atoms with van der Waals surface area (Å²) in [5.41, 5.74) is 0.124. The molecule has 0 saturated carbocycles. The van der Waals surface area contributed by atoms with Crippen LogP contribution < -0.4 is 5.32 Å². The fourth-order valence-corrected chi connectivity index (χ4v) is 2.71. The number of H-pyrrole nitrogens is 1. The van der Waals surface area contributed by atoms with Crippen molar-refractivity contribution in [3.63, 3.8) is 0 Å². The predicted molar refractivity (Wildman–Crippen MR) is 76.6 cm³/mol. The van der Waals surface area contributed by atoms with Crippen molar-refractivity contribution in [2.24, 2.45) is 5.41 Å². The van der Waals surface area contributed by atoms with Crippen LogP contribution in [0, 0.1) is 15.5 Å². The first-order valence-corrected chi connectivity index (χ1v) is 7.27. The van der Waals surface area contributed by atoms with Gasteiger partial charge >= 0.3 is 0 Å². The second-order valence-electron chi connectivity index (χ2n) is 4.55. The maximum Gasteiger partial charge on any atom is 0.287 e. The Morgan fingerprint density at radius 1 is 1.53 bits per heavy atom. The first kappa shape index (κ1) is 15.7. The summed E-state index contributed by atoms with van der Waals surface area (Å²) >= 11 is 3.47. The number of hydrogen-bond acceptors (Lipinski definition) is 3. The van der Waals surface area contributed by atoms with Gasteiger partial charge in [-0.25, -0.2) is 0 Å². The van der Waals surface area contributed by atoms with Gasteiger partial charge in [-0.1, -0.05) is 29.8 Å². The molecule has 0 spiro atoms. The van der Waals surface area contributed by atoms with Crippen molar-refractivity contribution >= 4 is 27.5 Å². The maximum atomic E-state index is 11.9. The summed E-state index contributed by atoms with van der Waals surface area (Å²) in [6.07, 6.45) is 3.10. The Balaban J connectivity index is 2.66. The van der Waals surface area contributed by atoms with E-state index in [1.165, 1.54) is 12.3 Å². The molecule has 1 amide bonds. The summed E-state index contributed by atoms with van der Waals surface area (Å²) in [7, 11) is 0. The monoisotopic (exact) mass is 331 g/mol. The topological polar surface area (TPSA) is 88.0 Å². The molecule has 106 valence electrons. The molecule has 0 aromatic carbocycles. The van der Waals surface area contributed by atoms with Crippen LogP contribution >= 0.6 is 15.9 Å². The second kappa shape index (κ2) is 6.70. The Bertz CT molecular complexity index is 447. The summed E-state index contributed by atoms with van der Waals surface area (Å²) in [5.74, 6) is -0.319. The molecule has 0 fully saturated rings. The molecule has 0 bridgehead atoms. The van der Waals surface area contributed by atoms with Gasteiger partial charge in [0, 0.05) is 17.9 Å². The van der Waals surface area contributed by atoms with Crippen LogP contribution in [0.15, 0.2) is 12.3 Å². The van der Waals surface area contributed by atoms with E-state index in [0.717, 1.165) is 18.2 Å². The number of hydrogen-bond donors (Lipinski definition) is 2. The summed E-state index contributed by atoms with van der Waals surface area (Å²) in [4.78, 5) is 24.5. The van der Waals surface area contributed by atoms with E-state index in [1.54, 1.807) is 0 Å². The highest BCUT2D eigenvalue weighted by Crippen LogP contribution is 2.27. The number of carbonyl (C=O) groups excluding carboxylic acids is 1. The molecule has 6 nitrogen and oxygen atoms in total. The highest BCUT2D eigenvalue weighted by molar-refractivity contribution is 9.09. The summed E-state index contributed by atoms with van der Waals surface area (Å²) in [5, 5.41) is 14.2. The second-order valence-corrected chi connectivity index (χ2v) is 5.11. The minimum Gasteiger partial charge on any atom is -0.351 e. The normalized spacial score (nSPS) is 11.3. The molecule has 0 atom stereocenters. The first-order chi connectivity index (χ1) is 8.98. The molecule has 19 heavy (non-hydrogen) atoms. The molecule has 0 saturated heterocycles. The number of halogens is 1. The van der Waals surface area contributed by atoms with Crippen LogP contribution in [-0.4, -0.2) is 27.7 Å². The van der Waals surface area contributed by atoms with Crippen LogP contribution in [0.4, 0.5) is 5.69 Å². The largest absolute Gasteiger partial charge is 0.351 e. The van der Waals surface area contributed by atoms with Gasteiger partial charge in [0.1, 0.15) is 5.69 Å². The number of aromatic nitrogens is 1. The van der Waals surface area contributed by atoms with Crippen molar-refractivity contribution in [3.05, 3.63) is 28.1 Å². The third-order valence-electron chi connectivity index (χ3n) is 3.53. The smallest absolute Gasteiger partial charge is 0.287 e. The van der Waals surface area contributed by atoms with Crippen LogP contribution in [0.2, 0.25) is 0 Å². The van der Waals surface area contributed by atoms with Gasteiger partial charge < -0.3 is 10.3 Å². The van der Waals surface area contributed by atoms with Crippen LogP contribution in [0.3, 0.4) is 0 Å². The maximum absolute atomic E-state index is 11.9. The number of nitrogens with zero attached hydrogens (tertiary/aromatic N) is 1. The van der Waals surface area contributed by atoms with Gasteiger partial charge in [0.2, 0.25) is 0 Å². The molecule has 0 aliphatic carbocycles. The lowest BCUT2D eigenvalue weighted by molar-refractivity contribution is -0.384. The predicted octanol–water partition coefficient (Wildman–Crippen LogP) is 2.85. The SMILES string of the molecule is CCC(CC)(CBr)CNC(=O)c1cc([N+](=O)[O-])c[nH]1. The van der Waals surface area contributed by atoms with E-state index in [2.05, 4.69) is 40.1 Å². The standard InChI is InChI=1S/C12H18BrN3O3/c1-3-12(4-2,7-13)8-15-11(17)10-5-9(6-14-10)16(18)19/h5-6,14H,3-4,7-8H2,1-2H3,(H,15,17). The van der Waals surface area contributed by atoms with Crippen molar-refractivity contribution < 1.29 is 9.72 Å². The van der Waals surface area contributed by atoms with E-state index in [0.29, 0.717) is 6.54 Å². The molecule has 0 radical (unpaired) electrons. The minimum absolute atomic E-state index is 0.0220. The molecule has 0 unspecified atom stereocenters. The lowest BCUT2D eigenvalue weighted by Gasteiger charge is -2.29. The number of aromatic amines is 1. The van der Waals surface area contributed by atoms with Crippen molar-refractivity contribution in [2.45, 2.75) is 26.7 Å². The molecule has 1 rings (SSSR count). The number of alkyl halides is 1. The molecule has 0 aliphatic rings. The summed E-state index contributed by atoms with van der Waals surface area (Å²) in [6.45, 7) is 4.70. The molecule has 0 aliphatic heterocycles. The van der Waals surface area contributed by atoms with E-state index in [4.69, 9.17) is 0 Å². The number of carbonyl (C=O) groups is 1. The zero-order valence-corrected chi connectivity index (χ0v) is 12.6. The van der Waals surface area contributed by atoms with Gasteiger partial charge in [0.25, 0.3) is 11.6 Å². The highest BCUT2D eigenvalue weighted by atomic mass is 79.9. The Hall–Kier alpha value is -1.37. The molecular formula is C12H18BrN3O3. The molecular weight excluding hydrogens is 314 g/mol. The lowest BCUT2D eigenvalue weighted by Crippen LogP contribution is -2.38. The number of rotatable bonds is 7. The van der Waals surface area contributed by atoms with E-state index in [9.17, 15) is 14.9 Å². The Morgan fingerprint density at radius 3 is 2.58 bits per heavy atom. The fourth-order valence-electron chi connectivity index (χ4n) is 1.72. The van der Waals surface area contributed by atoms with Gasteiger partial charge in [0.05, 0.1) is 11.1 Å². The van der Waals surface area contributed by atoms with E-state index < -0.39 is 4.92 Å². The van der Waals surface area contributed by atoms with E-state index in [1.807, 2.05) is 0 Å². The average Bonchev–Trinajstić information content (AvgIpc) is 2.90. The van der Waals surface area contributed by atoms with Gasteiger partial charge in [-0.3, -0.25) is 14.9 Å². The highest BCUT2D eigenvalue weighted by Gasteiger charge is 2.26. The van der Waals surface area contributed by atoms with E-state index in [-0.39, 0.29) is 22.7 Å². The zero-order valence-electron chi connectivity index (χ0n) is 11.0. The third kappa shape index (κ3) is 3.79. The van der Waals surface area contributed by atoms with Crippen molar-refractivity contribution in [1.82, 2.24) is 10.3 Å². The minimum atomic E-state index is -0.534. The van der Waals surface area contributed by atoms with Gasteiger partial charge in [-0.05, 0) is 18.3 Å². The van der Waals surface area contributed by atoms with Crippen LogP contribution in [-0.2, 0) is 0 Å². The van der Waals surface area contributed by atoms with Crippen LogP contribution in [0.25, 0.3) is 0 Å². The van der Waals surface area contributed by atoms with Gasteiger partial charge in [0.15, 0.2) is 0 Å². The number of amides is 1. The first-order valence-electron chi connectivity index (χ1n) is 6.15. The molecule has 1 heterocycles. The van der Waals surface area contributed by atoms with Crippen LogP contribution in [0.1, 0.15) is 37.2 Å². The van der Waals surface area contributed by atoms with Crippen LogP contribution in [0.5, 0.6) is 0 Å². The molecule has 2 N–H and O–H groups in total. The van der Waals surface area contributed by atoms with Crippen molar-refractivity contribution in [3.8, 4) is 0 Å². The molecule has 7 heteroatoms. The number of nitro groups is 1. The molecule has 1 aromatic heterocycles. The third-order valence-corrected chi connectivity index (χ3v) is 4.72. The van der Waals surface area contributed by atoms with Gasteiger partial charge in [-0.2, -0.15) is 0 Å². The summed E-state index contributed by atoms with van der Waals surface area (Å²) < 4.78 is 0. The average molecular weight is 332 g/mol. The molecule has 1 aromatic rings. The zero-order chi connectivity index (χ0) is 14.5. The number of nitrogens with one attached hydrogen (secondary N) is 2. The quantitative estimate of drug-likeness (QED) is 0.457. The van der Waals surface area contributed by atoms with Gasteiger partial charge in [-0.15, -0.1) is 0 Å². The van der Waals surface area contributed by atoms with Crippen molar-refractivity contribution in [1.29, 1.82) is 0 Å². The Kier molecular flexibility index (Phi) is 5.53. The Morgan fingerprint density at radius 2 is 2.16 bits per heavy atom. The van der Waals surface area contributed by atoms with E-state index >= 15 is 0 Å². The fraction of sp³-hybridized carbons (Fsp3) is 0.583. The Labute approximate surface area is 120 Å². The summed E-state index contributed by atoms with van der Waals surface area (Å²) in [6, 6.07) is 1.24.